The summed E-state index contributed by atoms with van der Waals surface area (Å²) in [5.74, 6) is 1.29. The van der Waals surface area contributed by atoms with E-state index in [4.69, 9.17) is 20.9 Å². The Morgan fingerprint density at radius 3 is 2.63 bits per heavy atom. The Bertz CT molecular complexity index is 1470. The van der Waals surface area contributed by atoms with Crippen LogP contribution in [-0.2, 0) is 23.5 Å². The van der Waals surface area contributed by atoms with Gasteiger partial charge in [-0.1, -0.05) is 20.3 Å². The van der Waals surface area contributed by atoms with E-state index in [1.807, 2.05) is 20.2 Å². The molecule has 3 aromatic rings. The van der Waals surface area contributed by atoms with Gasteiger partial charge in [-0.15, -0.1) is 0 Å². The van der Waals surface area contributed by atoms with Gasteiger partial charge in [0, 0.05) is 32.8 Å². The minimum absolute atomic E-state index is 0.142. The van der Waals surface area contributed by atoms with E-state index in [9.17, 15) is 13.2 Å². The fraction of sp³-hybridized carbons (Fsp3) is 0.519. The number of rotatable bonds is 11. The van der Waals surface area contributed by atoms with Crippen LogP contribution in [0.25, 0.3) is 22.4 Å². The van der Waals surface area contributed by atoms with Crippen molar-refractivity contribution in [2.75, 3.05) is 19.7 Å². The second-order valence-electron chi connectivity index (χ2n) is 10.0. The number of hydrogen-bond acceptors (Lipinski definition) is 6. The van der Waals surface area contributed by atoms with Crippen molar-refractivity contribution >= 4 is 26.9 Å². The minimum atomic E-state index is -3.76. The van der Waals surface area contributed by atoms with Crippen molar-refractivity contribution < 1.29 is 13.2 Å². The summed E-state index contributed by atoms with van der Waals surface area (Å²) in [5, 5.41) is 7.44. The molecule has 1 aliphatic heterocycles. The second kappa shape index (κ2) is 11.7. The van der Waals surface area contributed by atoms with Gasteiger partial charge in [-0.25, -0.2) is 13.4 Å². The summed E-state index contributed by atoms with van der Waals surface area (Å²) in [7, 11) is -1.94. The Labute approximate surface area is 223 Å². The molecule has 38 heavy (non-hydrogen) atoms. The van der Waals surface area contributed by atoms with Gasteiger partial charge < -0.3 is 20.0 Å². The van der Waals surface area contributed by atoms with Crippen molar-refractivity contribution in [2.45, 2.75) is 63.7 Å². The number of nitrogens with two attached hydrogens (primary N) is 1. The van der Waals surface area contributed by atoms with Crippen molar-refractivity contribution in [2.24, 2.45) is 18.7 Å². The molecule has 0 bridgehead atoms. The topological polar surface area (TPSA) is 147 Å². The van der Waals surface area contributed by atoms with Gasteiger partial charge >= 0.3 is 0 Å². The Hall–Kier alpha value is -3.18. The maximum atomic E-state index is 13.6. The van der Waals surface area contributed by atoms with Crippen LogP contribution in [-0.4, -0.2) is 52.8 Å². The van der Waals surface area contributed by atoms with E-state index >= 15 is 0 Å². The summed E-state index contributed by atoms with van der Waals surface area (Å²) in [6.45, 7) is 5.35. The lowest BCUT2D eigenvalue weighted by atomic mass is 9.93. The van der Waals surface area contributed by atoms with E-state index in [1.165, 1.54) is 4.31 Å². The first-order chi connectivity index (χ1) is 18.1. The van der Waals surface area contributed by atoms with Crippen molar-refractivity contribution in [1.29, 1.82) is 5.41 Å². The number of aromatic amines is 1. The molecule has 0 saturated carbocycles. The average molecular weight is 543 g/mol. The summed E-state index contributed by atoms with van der Waals surface area (Å²) >= 11 is 0. The first kappa shape index (κ1) is 27.8. The van der Waals surface area contributed by atoms with Gasteiger partial charge in [0.1, 0.15) is 17.1 Å². The lowest BCUT2D eigenvalue weighted by Gasteiger charge is -2.31. The number of fused-ring (bicyclic) bond motifs is 1. The number of hydrogen-bond donors (Lipinski definition) is 3. The fourth-order valence-electron chi connectivity index (χ4n) is 5.10. The Kier molecular flexibility index (Phi) is 8.57. The molecular weight excluding hydrogens is 504 g/mol. The lowest BCUT2D eigenvalue weighted by Crippen LogP contribution is -2.38. The summed E-state index contributed by atoms with van der Waals surface area (Å²) < 4.78 is 36.5. The van der Waals surface area contributed by atoms with E-state index in [1.54, 1.807) is 22.8 Å². The summed E-state index contributed by atoms with van der Waals surface area (Å²) in [5.41, 5.74) is 7.74. The number of sulfonamides is 1. The van der Waals surface area contributed by atoms with Gasteiger partial charge in [-0.3, -0.25) is 10.2 Å². The molecule has 3 heterocycles. The van der Waals surface area contributed by atoms with Crippen LogP contribution in [0.4, 0.5) is 0 Å². The fourth-order valence-corrected chi connectivity index (χ4v) is 6.59. The molecule has 4 rings (SSSR count). The maximum absolute atomic E-state index is 13.6. The van der Waals surface area contributed by atoms with Crippen LogP contribution < -0.4 is 16.0 Å². The molecule has 0 unspecified atom stereocenters. The van der Waals surface area contributed by atoms with Crippen molar-refractivity contribution in [3.05, 3.63) is 40.3 Å². The highest BCUT2D eigenvalue weighted by molar-refractivity contribution is 7.89. The number of nitrogens with one attached hydrogen (secondary N) is 2. The molecule has 1 fully saturated rings. The van der Waals surface area contributed by atoms with E-state index < -0.39 is 10.0 Å². The monoisotopic (exact) mass is 542 g/mol. The van der Waals surface area contributed by atoms with Crippen molar-refractivity contribution in [3.63, 3.8) is 0 Å². The van der Waals surface area contributed by atoms with E-state index in [-0.39, 0.29) is 22.1 Å². The van der Waals surface area contributed by atoms with Crippen LogP contribution in [0.5, 0.6) is 5.75 Å². The number of aromatic nitrogens is 3. The van der Waals surface area contributed by atoms with Crippen LogP contribution >= 0.6 is 0 Å². The van der Waals surface area contributed by atoms with E-state index in [0.717, 1.165) is 44.1 Å². The minimum Gasteiger partial charge on any atom is -0.493 e. The number of ether oxygens (including phenoxy) is 1. The molecule has 0 atom stereocenters. The molecule has 206 valence electrons. The third-order valence-electron chi connectivity index (χ3n) is 7.12. The summed E-state index contributed by atoms with van der Waals surface area (Å²) in [6, 6.07) is 4.78. The predicted octanol–water partition coefficient (Wildman–Crippen LogP) is 3.79. The quantitative estimate of drug-likeness (QED) is 0.248. The van der Waals surface area contributed by atoms with Gasteiger partial charge in [0.25, 0.3) is 5.56 Å². The zero-order valence-electron chi connectivity index (χ0n) is 22.4. The number of nitrogens with zero attached hydrogens (tertiary/aromatic N) is 3. The Morgan fingerprint density at radius 2 is 1.97 bits per heavy atom. The SMILES string of the molecule is CCCOc1ccc(S(=O)(=O)N2CCC(CCC(=N)N)CC2)cc1-c1nc2c(CCC)cn(C)c2c(=O)[nH]1. The van der Waals surface area contributed by atoms with Gasteiger partial charge in [0.2, 0.25) is 10.0 Å². The molecule has 0 amide bonds. The highest BCUT2D eigenvalue weighted by atomic mass is 32.2. The zero-order valence-corrected chi connectivity index (χ0v) is 23.2. The average Bonchev–Trinajstić information content (AvgIpc) is 3.21. The second-order valence-corrected chi connectivity index (χ2v) is 12.0. The summed E-state index contributed by atoms with van der Waals surface area (Å²) in [4.78, 5) is 20.9. The largest absolute Gasteiger partial charge is 0.493 e. The van der Waals surface area contributed by atoms with Crippen LogP contribution in [0.15, 0.2) is 34.1 Å². The third kappa shape index (κ3) is 5.78. The Morgan fingerprint density at radius 1 is 1.24 bits per heavy atom. The zero-order chi connectivity index (χ0) is 27.4. The molecule has 4 N–H and O–H groups in total. The number of H-pyrrole nitrogens is 1. The molecule has 1 aliphatic rings. The molecule has 1 aromatic carbocycles. The number of benzene rings is 1. The third-order valence-corrected chi connectivity index (χ3v) is 9.02. The van der Waals surface area contributed by atoms with Gasteiger partial charge in [0.05, 0.1) is 28.4 Å². The lowest BCUT2D eigenvalue weighted by molar-refractivity contribution is 0.265. The number of aryl methyl sites for hydroxylation is 2. The van der Waals surface area contributed by atoms with Crippen LogP contribution in [0, 0.1) is 11.3 Å². The first-order valence-electron chi connectivity index (χ1n) is 13.3. The number of piperidine rings is 1. The van der Waals surface area contributed by atoms with Crippen LogP contribution in [0.3, 0.4) is 0 Å². The van der Waals surface area contributed by atoms with Gasteiger partial charge in [-0.2, -0.15) is 4.31 Å². The molecule has 11 heteroatoms. The Balaban J connectivity index is 1.71. The van der Waals surface area contributed by atoms with Crippen LogP contribution in [0.1, 0.15) is 57.9 Å². The van der Waals surface area contributed by atoms with Gasteiger partial charge in [-0.05, 0) is 61.8 Å². The predicted molar refractivity (Wildman–Crippen MR) is 149 cm³/mol. The van der Waals surface area contributed by atoms with Crippen LogP contribution in [0.2, 0.25) is 0 Å². The molecule has 0 radical (unpaired) electrons. The molecule has 2 aromatic heterocycles. The summed E-state index contributed by atoms with van der Waals surface area (Å²) in [6.07, 6.45) is 7.20. The normalized spacial score (nSPS) is 15.2. The molecule has 0 spiro atoms. The van der Waals surface area contributed by atoms with E-state index in [2.05, 4.69) is 11.9 Å². The van der Waals surface area contributed by atoms with Gasteiger partial charge in [0.15, 0.2) is 0 Å². The first-order valence-corrected chi connectivity index (χ1v) is 14.8. The van der Waals surface area contributed by atoms with E-state index in [0.29, 0.717) is 54.4 Å². The van der Waals surface area contributed by atoms with Crippen molar-refractivity contribution in [3.8, 4) is 17.1 Å². The maximum Gasteiger partial charge on any atom is 0.275 e. The highest BCUT2D eigenvalue weighted by Gasteiger charge is 2.30. The van der Waals surface area contributed by atoms with Crippen molar-refractivity contribution in [1.82, 2.24) is 18.8 Å². The smallest absolute Gasteiger partial charge is 0.275 e. The molecule has 1 saturated heterocycles. The molecule has 0 aliphatic carbocycles. The molecule has 10 nitrogen and oxygen atoms in total. The highest BCUT2D eigenvalue weighted by Crippen LogP contribution is 2.34. The molecular formula is C27H38N6O4S. The standard InChI is InChI=1S/C27H38N6O4S/c1-4-6-19-17-32(3)25-24(19)30-26(31-27(25)34)21-16-20(8-9-22(21)37-15-5-2)38(35,36)33-13-11-18(12-14-33)7-10-23(28)29/h8-9,16-18H,4-7,10-15H2,1-3H3,(H3,28,29)(H,30,31,34). The number of amidine groups is 1.